The molecule has 6 nitrogen and oxygen atoms in total. The standard InChI is InChI=1S/C18H30NO5P/c1-5-16-9-11-17(12-10-16)15-23-13-7-6-8-18(14-19(2,3)4)24-25(20,21)22/h5,9-12,18H,1,6-8,13-15H2,2-4H3,(H-,20,21,22). The molecule has 0 heterocycles. The van der Waals surface area contributed by atoms with Crippen LogP contribution < -0.4 is 4.89 Å². The number of benzene rings is 1. The van der Waals surface area contributed by atoms with Crippen LogP contribution in [0.2, 0.25) is 0 Å². The molecule has 0 aliphatic carbocycles. The van der Waals surface area contributed by atoms with E-state index in [1.54, 1.807) is 6.08 Å². The van der Waals surface area contributed by atoms with Gasteiger partial charge < -0.3 is 23.5 Å². The fourth-order valence-corrected chi connectivity index (χ4v) is 3.04. The quantitative estimate of drug-likeness (QED) is 0.347. The van der Waals surface area contributed by atoms with Crippen LogP contribution in [-0.2, 0) is 20.4 Å². The average Bonchev–Trinajstić information content (AvgIpc) is 2.48. The average molecular weight is 371 g/mol. The molecule has 2 unspecified atom stereocenters. The molecule has 0 amide bonds. The molecule has 0 saturated carbocycles. The number of nitrogens with zero attached hydrogens (tertiary/aromatic N) is 1. The normalized spacial score (nSPS) is 15.6. The Hall–Kier alpha value is -1.01. The van der Waals surface area contributed by atoms with Crippen LogP contribution in [0.25, 0.3) is 6.08 Å². The molecule has 2 atom stereocenters. The van der Waals surface area contributed by atoms with Gasteiger partial charge in [-0.25, -0.2) is 0 Å². The number of unbranched alkanes of at least 4 members (excludes halogenated alkanes) is 1. The van der Waals surface area contributed by atoms with Gasteiger partial charge in [-0.3, -0.25) is 4.57 Å². The minimum absolute atomic E-state index is 0.503. The third kappa shape index (κ3) is 11.3. The van der Waals surface area contributed by atoms with Gasteiger partial charge in [-0.05, 0) is 30.4 Å². The zero-order chi connectivity index (χ0) is 18.9. The lowest BCUT2D eigenvalue weighted by atomic mass is 10.1. The third-order valence-electron chi connectivity index (χ3n) is 3.58. The Morgan fingerprint density at radius 3 is 2.44 bits per heavy atom. The fraction of sp³-hybridized carbons (Fsp3) is 0.556. The maximum atomic E-state index is 11.0. The second-order valence-corrected chi connectivity index (χ2v) is 8.31. The van der Waals surface area contributed by atoms with Crippen LogP contribution >= 0.6 is 7.82 Å². The van der Waals surface area contributed by atoms with E-state index in [1.807, 2.05) is 45.4 Å². The first-order valence-corrected chi connectivity index (χ1v) is 9.90. The lowest BCUT2D eigenvalue weighted by molar-refractivity contribution is -0.873. The van der Waals surface area contributed by atoms with Gasteiger partial charge in [0.25, 0.3) is 7.82 Å². The van der Waals surface area contributed by atoms with E-state index in [0.29, 0.717) is 30.7 Å². The molecule has 0 saturated heterocycles. The highest BCUT2D eigenvalue weighted by Crippen LogP contribution is 2.34. The first-order chi connectivity index (χ1) is 11.6. The molecule has 0 aliphatic heterocycles. The third-order valence-corrected chi connectivity index (χ3v) is 4.15. The van der Waals surface area contributed by atoms with Crippen LogP contribution in [0.1, 0.15) is 30.4 Å². The number of phosphoric acid groups is 1. The summed E-state index contributed by atoms with van der Waals surface area (Å²) in [5, 5.41) is 0. The van der Waals surface area contributed by atoms with Crippen LogP contribution in [-0.4, -0.2) is 49.8 Å². The number of hydrogen-bond donors (Lipinski definition) is 1. The molecule has 0 fully saturated rings. The van der Waals surface area contributed by atoms with Crippen molar-refractivity contribution in [1.82, 2.24) is 0 Å². The van der Waals surface area contributed by atoms with Gasteiger partial charge in [0.15, 0.2) is 0 Å². The number of quaternary nitrogens is 1. The highest BCUT2D eigenvalue weighted by atomic mass is 31.2. The van der Waals surface area contributed by atoms with Crippen LogP contribution in [0.15, 0.2) is 30.8 Å². The number of likely N-dealkylation sites (N-methyl/N-ethyl adjacent to an activating group) is 1. The summed E-state index contributed by atoms with van der Waals surface area (Å²) in [6, 6.07) is 8.01. The predicted molar refractivity (Wildman–Crippen MR) is 97.6 cm³/mol. The topological polar surface area (TPSA) is 78.8 Å². The summed E-state index contributed by atoms with van der Waals surface area (Å²) in [5.41, 5.74) is 2.18. The van der Waals surface area contributed by atoms with Crippen molar-refractivity contribution in [3.05, 3.63) is 42.0 Å². The smallest absolute Gasteiger partial charge is 0.265 e. The fourth-order valence-electron chi connectivity index (χ4n) is 2.49. The van der Waals surface area contributed by atoms with Gasteiger partial charge in [-0.15, -0.1) is 0 Å². The maximum Gasteiger partial charge on any atom is 0.265 e. The molecule has 0 aliphatic rings. The number of hydrogen-bond acceptors (Lipinski definition) is 4. The lowest BCUT2D eigenvalue weighted by Crippen LogP contribution is -2.42. The summed E-state index contributed by atoms with van der Waals surface area (Å²) >= 11 is 0. The minimum Gasteiger partial charge on any atom is -0.756 e. The zero-order valence-corrected chi connectivity index (χ0v) is 16.3. The highest BCUT2D eigenvalue weighted by Gasteiger charge is 2.22. The Morgan fingerprint density at radius 2 is 1.92 bits per heavy atom. The largest absolute Gasteiger partial charge is 0.756 e. The monoisotopic (exact) mass is 371 g/mol. The Bertz CT molecular complexity index is 562. The molecule has 0 radical (unpaired) electrons. The number of phosphoric ester groups is 1. The summed E-state index contributed by atoms with van der Waals surface area (Å²) in [6.45, 7) is 5.36. The van der Waals surface area contributed by atoms with Crippen LogP contribution in [0.3, 0.4) is 0 Å². The Labute approximate surface area is 150 Å². The Morgan fingerprint density at radius 1 is 1.28 bits per heavy atom. The molecule has 7 heteroatoms. The van der Waals surface area contributed by atoms with E-state index in [1.165, 1.54) is 0 Å². The summed E-state index contributed by atoms with van der Waals surface area (Å²) in [5.74, 6) is 0. The second kappa shape index (κ2) is 10.2. The molecule has 0 spiro atoms. The predicted octanol–water partition coefficient (Wildman–Crippen LogP) is 2.57. The van der Waals surface area contributed by atoms with Crippen molar-refractivity contribution in [3.8, 4) is 0 Å². The molecule has 142 valence electrons. The van der Waals surface area contributed by atoms with Crippen molar-refractivity contribution in [2.24, 2.45) is 0 Å². The molecule has 1 aromatic carbocycles. The molecular formula is C18H30NO5P. The lowest BCUT2D eigenvalue weighted by Gasteiger charge is -2.31. The van der Waals surface area contributed by atoms with Gasteiger partial charge in [0, 0.05) is 6.61 Å². The van der Waals surface area contributed by atoms with E-state index < -0.39 is 13.9 Å². The van der Waals surface area contributed by atoms with Crippen molar-refractivity contribution >= 4 is 13.9 Å². The van der Waals surface area contributed by atoms with E-state index in [2.05, 4.69) is 6.58 Å². The van der Waals surface area contributed by atoms with Crippen molar-refractivity contribution in [3.63, 3.8) is 0 Å². The maximum absolute atomic E-state index is 11.0. The second-order valence-electron chi connectivity index (χ2n) is 7.16. The molecular weight excluding hydrogens is 341 g/mol. The minimum atomic E-state index is -4.71. The van der Waals surface area contributed by atoms with Gasteiger partial charge >= 0.3 is 0 Å². The van der Waals surface area contributed by atoms with E-state index in [4.69, 9.17) is 14.2 Å². The van der Waals surface area contributed by atoms with E-state index in [-0.39, 0.29) is 0 Å². The summed E-state index contributed by atoms with van der Waals surface area (Å²) in [6.07, 6.45) is 3.39. The summed E-state index contributed by atoms with van der Waals surface area (Å²) in [7, 11) is 1.13. The SMILES string of the molecule is C=Cc1ccc(COCCCCC(C[N+](C)(C)C)OP(=O)([O-])O)cc1. The van der Waals surface area contributed by atoms with E-state index in [9.17, 15) is 9.46 Å². The first kappa shape index (κ1) is 22.0. The van der Waals surface area contributed by atoms with Gasteiger partial charge in [-0.1, -0.05) is 36.9 Å². The zero-order valence-electron chi connectivity index (χ0n) is 15.4. The van der Waals surface area contributed by atoms with E-state index >= 15 is 0 Å². The van der Waals surface area contributed by atoms with Crippen LogP contribution in [0.5, 0.6) is 0 Å². The van der Waals surface area contributed by atoms with E-state index in [0.717, 1.165) is 24.0 Å². The first-order valence-electron chi connectivity index (χ1n) is 8.41. The van der Waals surface area contributed by atoms with Gasteiger partial charge in [0.1, 0.15) is 12.6 Å². The number of ether oxygens (including phenoxy) is 1. The Balaban J connectivity index is 2.28. The highest BCUT2D eigenvalue weighted by molar-refractivity contribution is 7.44. The molecule has 25 heavy (non-hydrogen) atoms. The Kier molecular flexibility index (Phi) is 9.00. The summed E-state index contributed by atoms with van der Waals surface area (Å²) in [4.78, 5) is 19.9. The van der Waals surface area contributed by atoms with Gasteiger partial charge in [0.2, 0.25) is 0 Å². The summed E-state index contributed by atoms with van der Waals surface area (Å²) < 4.78 is 22.0. The number of rotatable bonds is 12. The van der Waals surface area contributed by atoms with Crippen molar-refractivity contribution < 1.29 is 28.1 Å². The van der Waals surface area contributed by atoms with Crippen LogP contribution in [0.4, 0.5) is 0 Å². The van der Waals surface area contributed by atoms with Gasteiger partial charge in [0.05, 0.1) is 27.7 Å². The molecule has 1 N–H and O–H groups in total. The molecule has 0 aromatic heterocycles. The van der Waals surface area contributed by atoms with Crippen molar-refractivity contribution in [2.75, 3.05) is 34.3 Å². The van der Waals surface area contributed by atoms with Crippen molar-refractivity contribution in [2.45, 2.75) is 32.0 Å². The van der Waals surface area contributed by atoms with Crippen molar-refractivity contribution in [1.29, 1.82) is 0 Å². The van der Waals surface area contributed by atoms with Crippen LogP contribution in [0, 0.1) is 0 Å². The molecule has 1 aromatic rings. The molecule has 0 bridgehead atoms. The van der Waals surface area contributed by atoms with Gasteiger partial charge in [-0.2, -0.15) is 0 Å². The molecule has 1 rings (SSSR count).